The lowest BCUT2D eigenvalue weighted by Gasteiger charge is -2.14. The van der Waals surface area contributed by atoms with Crippen LogP contribution in [0, 0.1) is 17.7 Å². The van der Waals surface area contributed by atoms with Gasteiger partial charge in [0.2, 0.25) is 11.8 Å². The minimum absolute atomic E-state index is 0.0339. The van der Waals surface area contributed by atoms with Gasteiger partial charge in [-0.2, -0.15) is 0 Å². The molecule has 0 bridgehead atoms. The molecule has 0 radical (unpaired) electrons. The van der Waals surface area contributed by atoms with E-state index in [4.69, 9.17) is 5.11 Å². The summed E-state index contributed by atoms with van der Waals surface area (Å²) in [4.78, 5) is 24.0. The van der Waals surface area contributed by atoms with Gasteiger partial charge in [-0.05, 0) is 12.1 Å². The SMILES string of the molecule is O=C1CCC(=O)N1Cc1ccc(C#CCCO)cc1F. The quantitative estimate of drug-likeness (QED) is 0.666. The van der Waals surface area contributed by atoms with Gasteiger partial charge in [0.25, 0.3) is 0 Å². The lowest BCUT2D eigenvalue weighted by atomic mass is 10.1. The number of aliphatic hydroxyl groups is 1. The van der Waals surface area contributed by atoms with Crippen LogP contribution in [-0.2, 0) is 16.1 Å². The lowest BCUT2D eigenvalue weighted by molar-refractivity contribution is -0.139. The summed E-state index contributed by atoms with van der Waals surface area (Å²) in [5.74, 6) is 4.41. The highest BCUT2D eigenvalue weighted by Crippen LogP contribution is 2.18. The van der Waals surface area contributed by atoms with E-state index >= 15 is 0 Å². The van der Waals surface area contributed by atoms with Crippen molar-refractivity contribution in [3.05, 3.63) is 35.1 Å². The largest absolute Gasteiger partial charge is 0.395 e. The van der Waals surface area contributed by atoms with E-state index in [2.05, 4.69) is 11.8 Å². The second-order valence-corrected chi connectivity index (χ2v) is 4.46. The Bertz CT molecular complexity index is 585. The van der Waals surface area contributed by atoms with Crippen molar-refractivity contribution in [2.24, 2.45) is 0 Å². The van der Waals surface area contributed by atoms with Crippen LogP contribution in [0.25, 0.3) is 0 Å². The van der Waals surface area contributed by atoms with E-state index < -0.39 is 5.82 Å². The summed E-state index contributed by atoms with van der Waals surface area (Å²) in [6, 6.07) is 4.43. The molecular formula is C15H14FNO3. The summed E-state index contributed by atoms with van der Waals surface area (Å²) in [6.45, 7) is -0.0689. The van der Waals surface area contributed by atoms with Crippen molar-refractivity contribution in [2.75, 3.05) is 6.61 Å². The molecule has 1 N–H and O–H groups in total. The molecule has 0 atom stereocenters. The van der Waals surface area contributed by atoms with E-state index in [-0.39, 0.29) is 37.8 Å². The molecule has 1 saturated heterocycles. The molecule has 0 spiro atoms. The molecule has 5 heteroatoms. The number of nitrogens with zero attached hydrogens (tertiary/aromatic N) is 1. The highest BCUT2D eigenvalue weighted by Gasteiger charge is 2.29. The zero-order valence-corrected chi connectivity index (χ0v) is 10.9. The molecule has 1 aromatic rings. The molecule has 1 aliphatic rings. The number of rotatable bonds is 3. The van der Waals surface area contributed by atoms with Gasteiger partial charge in [-0.1, -0.05) is 17.9 Å². The third kappa shape index (κ3) is 3.22. The molecule has 20 heavy (non-hydrogen) atoms. The van der Waals surface area contributed by atoms with E-state index in [1.807, 2.05) is 0 Å². The molecule has 0 saturated carbocycles. The molecule has 1 aliphatic heterocycles. The monoisotopic (exact) mass is 275 g/mol. The second-order valence-electron chi connectivity index (χ2n) is 4.46. The number of benzene rings is 1. The first kappa shape index (κ1) is 14.2. The van der Waals surface area contributed by atoms with E-state index in [9.17, 15) is 14.0 Å². The maximum absolute atomic E-state index is 13.9. The van der Waals surface area contributed by atoms with Crippen LogP contribution in [0.2, 0.25) is 0 Å². The zero-order chi connectivity index (χ0) is 14.5. The van der Waals surface area contributed by atoms with Gasteiger partial charge in [0.05, 0.1) is 13.2 Å². The van der Waals surface area contributed by atoms with Crippen molar-refractivity contribution in [1.82, 2.24) is 4.90 Å². The Morgan fingerprint density at radius 2 is 1.95 bits per heavy atom. The number of aliphatic hydroxyl groups excluding tert-OH is 1. The van der Waals surface area contributed by atoms with Crippen LogP contribution in [0.5, 0.6) is 0 Å². The molecule has 2 rings (SSSR count). The van der Waals surface area contributed by atoms with Gasteiger partial charge in [-0.15, -0.1) is 0 Å². The Morgan fingerprint density at radius 1 is 1.25 bits per heavy atom. The van der Waals surface area contributed by atoms with Crippen LogP contribution >= 0.6 is 0 Å². The summed E-state index contributed by atoms with van der Waals surface area (Å²) in [6.07, 6.45) is 0.733. The van der Waals surface area contributed by atoms with Crippen molar-refractivity contribution in [3.8, 4) is 11.8 Å². The standard InChI is InChI=1S/C15H14FNO3/c16-13-9-11(3-1-2-8-18)4-5-12(13)10-17-14(19)6-7-15(17)20/h4-5,9,18H,2,6-8,10H2. The highest BCUT2D eigenvalue weighted by atomic mass is 19.1. The molecule has 1 aromatic carbocycles. The van der Waals surface area contributed by atoms with Gasteiger partial charge in [0.1, 0.15) is 5.82 Å². The van der Waals surface area contributed by atoms with Crippen LogP contribution in [-0.4, -0.2) is 28.4 Å². The first-order valence-electron chi connectivity index (χ1n) is 6.33. The average Bonchev–Trinajstić information content (AvgIpc) is 2.73. The first-order chi connectivity index (χ1) is 9.61. The third-order valence-corrected chi connectivity index (χ3v) is 3.01. The van der Waals surface area contributed by atoms with Crippen molar-refractivity contribution >= 4 is 11.8 Å². The van der Waals surface area contributed by atoms with E-state index in [0.717, 1.165) is 4.90 Å². The fourth-order valence-corrected chi connectivity index (χ4v) is 1.94. The molecule has 0 aliphatic carbocycles. The lowest BCUT2D eigenvalue weighted by Crippen LogP contribution is -2.28. The summed E-state index contributed by atoms with van der Waals surface area (Å²) in [5.41, 5.74) is 0.792. The molecule has 4 nitrogen and oxygen atoms in total. The van der Waals surface area contributed by atoms with Gasteiger partial charge in [0.15, 0.2) is 0 Å². The van der Waals surface area contributed by atoms with Gasteiger partial charge in [-0.3, -0.25) is 14.5 Å². The van der Waals surface area contributed by atoms with Gasteiger partial charge >= 0.3 is 0 Å². The van der Waals surface area contributed by atoms with Crippen LogP contribution in [0.4, 0.5) is 4.39 Å². The van der Waals surface area contributed by atoms with Crippen LogP contribution < -0.4 is 0 Å². The first-order valence-corrected chi connectivity index (χ1v) is 6.33. The fraction of sp³-hybridized carbons (Fsp3) is 0.333. The van der Waals surface area contributed by atoms with E-state index in [1.54, 1.807) is 6.07 Å². The minimum atomic E-state index is -0.492. The summed E-state index contributed by atoms with van der Waals surface area (Å²) in [7, 11) is 0. The number of carbonyl (C=O) groups excluding carboxylic acids is 2. The molecule has 2 amide bonds. The predicted molar refractivity (Wildman–Crippen MR) is 69.8 cm³/mol. The summed E-state index contributed by atoms with van der Waals surface area (Å²) < 4.78 is 13.9. The Kier molecular flexibility index (Phi) is 4.49. The van der Waals surface area contributed by atoms with Crippen LogP contribution in [0.15, 0.2) is 18.2 Å². The molecular weight excluding hydrogens is 261 g/mol. The van der Waals surface area contributed by atoms with Crippen molar-refractivity contribution in [3.63, 3.8) is 0 Å². The molecule has 1 fully saturated rings. The highest BCUT2D eigenvalue weighted by molar-refractivity contribution is 6.01. The average molecular weight is 275 g/mol. The number of carbonyl (C=O) groups is 2. The third-order valence-electron chi connectivity index (χ3n) is 3.01. The molecule has 0 unspecified atom stereocenters. The van der Waals surface area contributed by atoms with Crippen molar-refractivity contribution < 1.29 is 19.1 Å². The minimum Gasteiger partial charge on any atom is -0.395 e. The fourth-order valence-electron chi connectivity index (χ4n) is 1.94. The number of likely N-dealkylation sites (tertiary alicyclic amines) is 1. The van der Waals surface area contributed by atoms with Crippen LogP contribution in [0.3, 0.4) is 0 Å². The zero-order valence-electron chi connectivity index (χ0n) is 10.9. The Morgan fingerprint density at radius 3 is 2.55 bits per heavy atom. The molecule has 0 aromatic heterocycles. The number of hydrogen-bond acceptors (Lipinski definition) is 3. The second kappa shape index (κ2) is 6.31. The maximum Gasteiger partial charge on any atom is 0.229 e. The van der Waals surface area contributed by atoms with E-state index in [1.165, 1.54) is 12.1 Å². The molecule has 104 valence electrons. The normalized spacial score (nSPS) is 14.4. The van der Waals surface area contributed by atoms with Crippen molar-refractivity contribution in [2.45, 2.75) is 25.8 Å². The van der Waals surface area contributed by atoms with Crippen LogP contribution in [0.1, 0.15) is 30.4 Å². The number of hydrogen-bond donors (Lipinski definition) is 1. The van der Waals surface area contributed by atoms with Gasteiger partial charge in [-0.25, -0.2) is 4.39 Å². The smallest absolute Gasteiger partial charge is 0.229 e. The van der Waals surface area contributed by atoms with E-state index in [0.29, 0.717) is 17.5 Å². The maximum atomic E-state index is 13.9. The summed E-state index contributed by atoms with van der Waals surface area (Å²) >= 11 is 0. The number of amides is 2. The Balaban J connectivity index is 2.12. The van der Waals surface area contributed by atoms with Gasteiger partial charge < -0.3 is 5.11 Å². The topological polar surface area (TPSA) is 57.6 Å². The van der Waals surface area contributed by atoms with Crippen molar-refractivity contribution in [1.29, 1.82) is 0 Å². The predicted octanol–water partition coefficient (Wildman–Crippen LogP) is 1.21. The molecule has 1 heterocycles. The summed E-state index contributed by atoms with van der Waals surface area (Å²) in [5, 5.41) is 8.61. The Labute approximate surface area is 116 Å². The van der Waals surface area contributed by atoms with Gasteiger partial charge in [0, 0.05) is 30.4 Å². The number of halogens is 1. The number of imide groups is 1. The Hall–Kier alpha value is -2.19.